The third kappa shape index (κ3) is 6.13. The standard InChI is InChI=1S/C20H21N3O6/c1-14(20(26)22(2)16-6-4-3-5-7-16)29-18(24)12-13-21-19(25)15-8-10-17(11-9-15)23(27)28/h3-11,14H,12-13H2,1-2H3,(H,21,25)/t14-/m0/s1. The number of hydrogen-bond acceptors (Lipinski definition) is 6. The van der Waals surface area contributed by atoms with Crippen LogP contribution in [0.25, 0.3) is 0 Å². The highest BCUT2D eigenvalue weighted by molar-refractivity contribution is 5.97. The fourth-order valence-corrected chi connectivity index (χ4v) is 2.47. The van der Waals surface area contributed by atoms with Crippen molar-refractivity contribution in [3.05, 3.63) is 70.3 Å². The maximum absolute atomic E-state index is 12.4. The zero-order valence-corrected chi connectivity index (χ0v) is 16.0. The van der Waals surface area contributed by atoms with E-state index in [0.717, 1.165) is 0 Å². The molecule has 0 aromatic heterocycles. The maximum Gasteiger partial charge on any atom is 0.308 e. The van der Waals surface area contributed by atoms with Gasteiger partial charge in [-0.05, 0) is 31.2 Å². The van der Waals surface area contributed by atoms with Crippen LogP contribution < -0.4 is 10.2 Å². The Morgan fingerprint density at radius 3 is 2.31 bits per heavy atom. The summed E-state index contributed by atoms with van der Waals surface area (Å²) in [5.74, 6) is -1.48. The summed E-state index contributed by atoms with van der Waals surface area (Å²) in [6.07, 6.45) is -1.09. The highest BCUT2D eigenvalue weighted by atomic mass is 16.6. The summed E-state index contributed by atoms with van der Waals surface area (Å²) >= 11 is 0. The molecular formula is C20H21N3O6. The zero-order chi connectivity index (χ0) is 21.4. The largest absolute Gasteiger partial charge is 0.452 e. The summed E-state index contributed by atoms with van der Waals surface area (Å²) in [4.78, 5) is 47.7. The van der Waals surface area contributed by atoms with Gasteiger partial charge in [-0.15, -0.1) is 0 Å². The van der Waals surface area contributed by atoms with E-state index in [1.54, 1.807) is 31.3 Å². The number of amides is 2. The fraction of sp³-hybridized carbons (Fsp3) is 0.250. The molecule has 0 unspecified atom stereocenters. The number of rotatable bonds is 8. The van der Waals surface area contributed by atoms with E-state index in [-0.39, 0.29) is 30.1 Å². The van der Waals surface area contributed by atoms with Crippen molar-refractivity contribution in [2.75, 3.05) is 18.5 Å². The highest BCUT2D eigenvalue weighted by Gasteiger charge is 2.22. The first-order chi connectivity index (χ1) is 13.8. The van der Waals surface area contributed by atoms with E-state index in [1.807, 2.05) is 6.07 Å². The number of nitrogens with zero attached hydrogens (tertiary/aromatic N) is 2. The van der Waals surface area contributed by atoms with Crippen LogP contribution in [0.5, 0.6) is 0 Å². The summed E-state index contributed by atoms with van der Waals surface area (Å²) < 4.78 is 5.13. The van der Waals surface area contributed by atoms with E-state index in [9.17, 15) is 24.5 Å². The van der Waals surface area contributed by atoms with Crippen LogP contribution in [0, 0.1) is 10.1 Å². The molecule has 0 aliphatic heterocycles. The van der Waals surface area contributed by atoms with E-state index in [0.29, 0.717) is 5.69 Å². The van der Waals surface area contributed by atoms with Crippen LogP contribution in [-0.2, 0) is 14.3 Å². The molecular weight excluding hydrogens is 378 g/mol. The lowest BCUT2D eigenvalue weighted by molar-refractivity contribution is -0.384. The number of likely N-dealkylation sites (N-methyl/N-ethyl adjacent to an activating group) is 1. The van der Waals surface area contributed by atoms with Gasteiger partial charge in [-0.1, -0.05) is 18.2 Å². The molecule has 2 amide bonds. The van der Waals surface area contributed by atoms with E-state index in [2.05, 4.69) is 5.32 Å². The topological polar surface area (TPSA) is 119 Å². The molecule has 0 aliphatic rings. The SMILES string of the molecule is C[C@H](OC(=O)CCNC(=O)c1ccc([N+](=O)[O-])cc1)C(=O)N(C)c1ccccc1. The second-order valence-corrected chi connectivity index (χ2v) is 6.17. The molecule has 9 nitrogen and oxygen atoms in total. The average molecular weight is 399 g/mol. The summed E-state index contributed by atoms with van der Waals surface area (Å²) in [5, 5.41) is 13.1. The minimum absolute atomic E-state index is 0.00406. The summed E-state index contributed by atoms with van der Waals surface area (Å²) in [7, 11) is 1.59. The van der Waals surface area contributed by atoms with Gasteiger partial charge in [0.05, 0.1) is 11.3 Å². The Bertz CT molecular complexity index is 883. The van der Waals surface area contributed by atoms with Crippen LogP contribution in [0.15, 0.2) is 54.6 Å². The second kappa shape index (κ2) is 9.98. The van der Waals surface area contributed by atoms with E-state index >= 15 is 0 Å². The number of non-ortho nitro benzene ring substituents is 1. The summed E-state index contributed by atoms with van der Waals surface area (Å²) in [5.41, 5.74) is 0.789. The molecule has 9 heteroatoms. The Kier molecular flexibility index (Phi) is 7.41. The molecule has 2 aromatic carbocycles. The van der Waals surface area contributed by atoms with Crippen LogP contribution in [0.2, 0.25) is 0 Å². The van der Waals surface area contributed by atoms with Gasteiger partial charge in [-0.25, -0.2) is 0 Å². The number of hydrogen-bond donors (Lipinski definition) is 1. The van der Waals surface area contributed by atoms with Crippen LogP contribution in [-0.4, -0.2) is 42.4 Å². The summed E-state index contributed by atoms with van der Waals surface area (Å²) in [6.45, 7) is 1.49. The number of ether oxygens (including phenoxy) is 1. The third-order valence-electron chi connectivity index (χ3n) is 4.09. The Balaban J connectivity index is 1.78. The molecule has 0 radical (unpaired) electrons. The van der Waals surface area contributed by atoms with Crippen molar-refractivity contribution >= 4 is 29.2 Å². The van der Waals surface area contributed by atoms with Crippen molar-refractivity contribution < 1.29 is 24.0 Å². The van der Waals surface area contributed by atoms with Crippen LogP contribution >= 0.6 is 0 Å². The number of esters is 1. The molecule has 2 rings (SSSR count). The molecule has 1 atom stereocenters. The van der Waals surface area contributed by atoms with E-state index < -0.39 is 22.9 Å². The highest BCUT2D eigenvalue weighted by Crippen LogP contribution is 2.14. The van der Waals surface area contributed by atoms with Gasteiger partial charge in [-0.2, -0.15) is 0 Å². The first-order valence-electron chi connectivity index (χ1n) is 8.84. The number of nitro benzene ring substituents is 1. The molecule has 0 spiro atoms. The Labute approximate surface area is 167 Å². The number of benzene rings is 2. The minimum atomic E-state index is -0.974. The average Bonchev–Trinajstić information content (AvgIpc) is 2.73. The molecule has 152 valence electrons. The number of carbonyl (C=O) groups excluding carboxylic acids is 3. The van der Waals surface area contributed by atoms with Crippen LogP contribution in [0.4, 0.5) is 11.4 Å². The molecule has 0 saturated heterocycles. The Morgan fingerprint density at radius 1 is 1.10 bits per heavy atom. The van der Waals surface area contributed by atoms with Crippen molar-refractivity contribution in [2.45, 2.75) is 19.4 Å². The molecule has 29 heavy (non-hydrogen) atoms. The molecule has 0 heterocycles. The van der Waals surface area contributed by atoms with Crippen LogP contribution in [0.1, 0.15) is 23.7 Å². The summed E-state index contributed by atoms with van der Waals surface area (Å²) in [6, 6.07) is 14.0. The van der Waals surface area contributed by atoms with Crippen LogP contribution in [0.3, 0.4) is 0 Å². The van der Waals surface area contributed by atoms with Gasteiger partial charge < -0.3 is 15.0 Å². The van der Waals surface area contributed by atoms with E-state index in [4.69, 9.17) is 4.74 Å². The molecule has 2 aromatic rings. The molecule has 0 saturated carbocycles. The number of nitrogens with one attached hydrogen (secondary N) is 1. The smallest absolute Gasteiger partial charge is 0.308 e. The van der Waals surface area contributed by atoms with Crippen molar-refractivity contribution in [3.63, 3.8) is 0 Å². The van der Waals surface area contributed by atoms with Gasteiger partial charge in [0.15, 0.2) is 6.10 Å². The minimum Gasteiger partial charge on any atom is -0.452 e. The predicted molar refractivity (Wildman–Crippen MR) is 105 cm³/mol. The number of para-hydroxylation sites is 1. The fourth-order valence-electron chi connectivity index (χ4n) is 2.47. The molecule has 1 N–H and O–H groups in total. The second-order valence-electron chi connectivity index (χ2n) is 6.17. The first-order valence-corrected chi connectivity index (χ1v) is 8.84. The molecule has 0 bridgehead atoms. The lowest BCUT2D eigenvalue weighted by Crippen LogP contribution is -2.38. The van der Waals surface area contributed by atoms with Crippen molar-refractivity contribution in [3.8, 4) is 0 Å². The molecule has 0 aliphatic carbocycles. The van der Waals surface area contributed by atoms with Gasteiger partial charge in [0.2, 0.25) is 0 Å². The quantitative estimate of drug-likeness (QED) is 0.413. The van der Waals surface area contributed by atoms with Gasteiger partial charge in [0.25, 0.3) is 17.5 Å². The lowest BCUT2D eigenvalue weighted by atomic mass is 10.2. The maximum atomic E-state index is 12.4. The Morgan fingerprint density at radius 2 is 1.72 bits per heavy atom. The Hall–Kier alpha value is -3.75. The van der Waals surface area contributed by atoms with Gasteiger partial charge >= 0.3 is 5.97 Å². The van der Waals surface area contributed by atoms with Crippen molar-refractivity contribution in [1.29, 1.82) is 0 Å². The van der Waals surface area contributed by atoms with Gasteiger partial charge in [0.1, 0.15) is 0 Å². The van der Waals surface area contributed by atoms with Crippen molar-refractivity contribution in [2.24, 2.45) is 0 Å². The predicted octanol–water partition coefficient (Wildman–Crippen LogP) is 2.31. The number of nitro groups is 1. The first kappa shape index (κ1) is 21.5. The monoisotopic (exact) mass is 399 g/mol. The number of anilines is 1. The normalized spacial score (nSPS) is 11.2. The molecule has 0 fully saturated rings. The lowest BCUT2D eigenvalue weighted by Gasteiger charge is -2.21. The van der Waals surface area contributed by atoms with Crippen molar-refractivity contribution in [1.82, 2.24) is 5.32 Å². The third-order valence-corrected chi connectivity index (χ3v) is 4.09. The number of carbonyl (C=O) groups is 3. The zero-order valence-electron chi connectivity index (χ0n) is 16.0. The van der Waals surface area contributed by atoms with E-state index in [1.165, 1.54) is 36.1 Å². The van der Waals surface area contributed by atoms with Gasteiger partial charge in [-0.3, -0.25) is 24.5 Å². The van der Waals surface area contributed by atoms with Gasteiger partial charge in [0, 0.05) is 37.0 Å².